The predicted molar refractivity (Wildman–Crippen MR) is 119 cm³/mol. The molecule has 160 valence electrons. The fraction of sp³-hybridized carbons (Fsp3) is 0.364. The summed E-state index contributed by atoms with van der Waals surface area (Å²) in [5.41, 5.74) is 2.06. The van der Waals surface area contributed by atoms with Gasteiger partial charge in [-0.3, -0.25) is 14.6 Å². The normalized spacial score (nSPS) is 15.0. The Hall–Kier alpha value is -2.12. The van der Waals surface area contributed by atoms with Gasteiger partial charge in [0.1, 0.15) is 0 Å². The first-order chi connectivity index (χ1) is 14.5. The summed E-state index contributed by atoms with van der Waals surface area (Å²) in [6, 6.07) is 12.2. The van der Waals surface area contributed by atoms with Crippen LogP contribution in [0.25, 0.3) is 0 Å². The fourth-order valence-corrected chi connectivity index (χ4v) is 3.84. The molecule has 3 rings (SSSR count). The average molecular weight is 450 g/mol. The molecule has 1 aliphatic rings. The summed E-state index contributed by atoms with van der Waals surface area (Å²) in [5.74, 6) is -0.451. The average Bonchev–Trinajstić information content (AvgIpc) is 2.73. The highest BCUT2D eigenvalue weighted by Crippen LogP contribution is 2.26. The van der Waals surface area contributed by atoms with Crippen LogP contribution in [0.1, 0.15) is 22.8 Å². The van der Waals surface area contributed by atoms with Gasteiger partial charge in [0.15, 0.2) is 0 Å². The molecule has 1 heterocycles. The first kappa shape index (κ1) is 22.6. The molecule has 0 aliphatic carbocycles. The first-order valence-electron chi connectivity index (χ1n) is 9.91. The monoisotopic (exact) mass is 449 g/mol. The number of benzene rings is 2. The minimum Gasteiger partial charge on any atom is -0.462 e. The molecule has 0 saturated carbocycles. The van der Waals surface area contributed by atoms with Gasteiger partial charge in [-0.15, -0.1) is 0 Å². The van der Waals surface area contributed by atoms with Gasteiger partial charge in [0.2, 0.25) is 5.91 Å². The second-order valence-corrected chi connectivity index (χ2v) is 7.91. The molecule has 0 unspecified atom stereocenters. The molecule has 0 aromatic heterocycles. The highest BCUT2D eigenvalue weighted by Gasteiger charge is 2.20. The molecule has 1 saturated heterocycles. The van der Waals surface area contributed by atoms with E-state index in [0.717, 1.165) is 31.7 Å². The molecule has 1 N–H and O–H groups in total. The van der Waals surface area contributed by atoms with E-state index in [1.54, 1.807) is 31.2 Å². The molecular formula is C22H25Cl2N3O3. The van der Waals surface area contributed by atoms with Crippen LogP contribution in [-0.2, 0) is 16.1 Å². The number of ether oxygens (including phenoxy) is 1. The summed E-state index contributed by atoms with van der Waals surface area (Å²) in [4.78, 5) is 28.5. The van der Waals surface area contributed by atoms with Crippen molar-refractivity contribution in [1.29, 1.82) is 0 Å². The number of carbonyl (C=O) groups excluding carboxylic acids is 2. The molecular weight excluding hydrogens is 425 g/mol. The first-order valence-corrected chi connectivity index (χ1v) is 10.7. The molecule has 0 spiro atoms. The van der Waals surface area contributed by atoms with Crippen molar-refractivity contribution in [3.63, 3.8) is 0 Å². The molecule has 2 aromatic rings. The van der Waals surface area contributed by atoms with E-state index in [4.69, 9.17) is 27.9 Å². The SMILES string of the molecule is CCOC(=O)c1ccc(NC(=O)CN2CCN(Cc3c(Cl)cccc3Cl)CC2)cc1. The minimum absolute atomic E-state index is 0.0820. The number of amides is 1. The summed E-state index contributed by atoms with van der Waals surface area (Å²) < 4.78 is 4.96. The lowest BCUT2D eigenvalue weighted by atomic mass is 10.2. The molecule has 0 atom stereocenters. The van der Waals surface area contributed by atoms with Crippen molar-refractivity contribution in [3.05, 3.63) is 63.6 Å². The number of piperazine rings is 1. The Morgan fingerprint density at radius 1 is 0.967 bits per heavy atom. The lowest BCUT2D eigenvalue weighted by molar-refractivity contribution is -0.117. The molecule has 1 amide bonds. The second kappa shape index (κ2) is 10.8. The van der Waals surface area contributed by atoms with Gasteiger partial charge < -0.3 is 10.1 Å². The van der Waals surface area contributed by atoms with E-state index in [1.165, 1.54) is 0 Å². The maximum Gasteiger partial charge on any atom is 0.338 e. The van der Waals surface area contributed by atoms with Gasteiger partial charge in [0.25, 0.3) is 0 Å². The zero-order valence-corrected chi connectivity index (χ0v) is 18.4. The third-order valence-electron chi connectivity index (χ3n) is 4.96. The number of halogens is 2. The number of hydrogen-bond acceptors (Lipinski definition) is 5. The van der Waals surface area contributed by atoms with Crippen LogP contribution in [-0.4, -0.2) is 61.0 Å². The van der Waals surface area contributed by atoms with Gasteiger partial charge in [-0.2, -0.15) is 0 Å². The summed E-state index contributed by atoms with van der Waals surface area (Å²) >= 11 is 12.5. The van der Waals surface area contributed by atoms with Crippen LogP contribution in [0.15, 0.2) is 42.5 Å². The van der Waals surface area contributed by atoms with Crippen molar-refractivity contribution in [1.82, 2.24) is 9.80 Å². The van der Waals surface area contributed by atoms with Crippen LogP contribution in [0.2, 0.25) is 10.0 Å². The molecule has 8 heteroatoms. The van der Waals surface area contributed by atoms with Crippen LogP contribution >= 0.6 is 23.2 Å². The van der Waals surface area contributed by atoms with Crippen LogP contribution in [0.3, 0.4) is 0 Å². The summed E-state index contributed by atoms with van der Waals surface area (Å²) in [6.45, 7) is 6.36. The number of nitrogens with zero attached hydrogens (tertiary/aromatic N) is 2. The van der Waals surface area contributed by atoms with E-state index in [-0.39, 0.29) is 11.9 Å². The second-order valence-electron chi connectivity index (χ2n) is 7.10. The molecule has 0 radical (unpaired) electrons. The Morgan fingerprint density at radius 3 is 2.17 bits per heavy atom. The minimum atomic E-state index is -0.369. The van der Waals surface area contributed by atoms with Crippen molar-refractivity contribution in [2.75, 3.05) is 44.6 Å². The highest BCUT2D eigenvalue weighted by atomic mass is 35.5. The maximum atomic E-state index is 12.4. The van der Waals surface area contributed by atoms with Crippen LogP contribution in [0, 0.1) is 0 Å². The maximum absolute atomic E-state index is 12.4. The van der Waals surface area contributed by atoms with Crippen molar-refractivity contribution in [2.45, 2.75) is 13.5 Å². The number of anilines is 1. The van der Waals surface area contributed by atoms with Crippen LogP contribution in [0.4, 0.5) is 5.69 Å². The third-order valence-corrected chi connectivity index (χ3v) is 5.66. The number of carbonyl (C=O) groups is 2. The fourth-order valence-electron chi connectivity index (χ4n) is 3.32. The van der Waals surface area contributed by atoms with Crippen molar-refractivity contribution in [2.24, 2.45) is 0 Å². The van der Waals surface area contributed by atoms with Gasteiger partial charge >= 0.3 is 5.97 Å². The van der Waals surface area contributed by atoms with Gasteiger partial charge in [-0.25, -0.2) is 4.79 Å². The zero-order chi connectivity index (χ0) is 21.5. The molecule has 30 heavy (non-hydrogen) atoms. The lowest BCUT2D eigenvalue weighted by Gasteiger charge is -2.34. The van der Waals surface area contributed by atoms with E-state index in [1.807, 2.05) is 18.2 Å². The van der Waals surface area contributed by atoms with E-state index < -0.39 is 0 Å². The Labute approximate surface area is 186 Å². The van der Waals surface area contributed by atoms with Crippen LogP contribution in [0.5, 0.6) is 0 Å². The lowest BCUT2D eigenvalue weighted by Crippen LogP contribution is -2.48. The van der Waals surface area contributed by atoms with Crippen LogP contribution < -0.4 is 5.32 Å². The van der Waals surface area contributed by atoms with E-state index in [2.05, 4.69) is 15.1 Å². The summed E-state index contributed by atoms with van der Waals surface area (Å²) in [5, 5.41) is 4.23. The van der Waals surface area contributed by atoms with Crippen molar-refractivity contribution in [3.8, 4) is 0 Å². The summed E-state index contributed by atoms with van der Waals surface area (Å²) in [6.07, 6.45) is 0. The quantitative estimate of drug-likeness (QED) is 0.648. The standard InChI is InChI=1S/C22H25Cl2N3O3/c1-2-30-22(29)16-6-8-17(9-7-16)25-21(28)15-27-12-10-26(11-13-27)14-18-19(23)4-3-5-20(18)24/h3-9H,2,10-15H2,1H3,(H,25,28). The van der Waals surface area contributed by atoms with E-state index >= 15 is 0 Å². The Balaban J connectivity index is 1.44. The van der Waals surface area contributed by atoms with Crippen molar-refractivity contribution >= 4 is 40.8 Å². The van der Waals surface area contributed by atoms with Gasteiger partial charge in [-0.05, 0) is 43.3 Å². The summed E-state index contributed by atoms with van der Waals surface area (Å²) in [7, 11) is 0. The predicted octanol–water partition coefficient (Wildman–Crippen LogP) is 3.93. The number of hydrogen-bond donors (Lipinski definition) is 1. The molecule has 2 aromatic carbocycles. The number of esters is 1. The van der Waals surface area contributed by atoms with E-state index in [9.17, 15) is 9.59 Å². The Bertz CT molecular complexity index is 861. The highest BCUT2D eigenvalue weighted by molar-refractivity contribution is 6.35. The van der Waals surface area contributed by atoms with Gasteiger partial charge in [-0.1, -0.05) is 29.3 Å². The van der Waals surface area contributed by atoms with Gasteiger partial charge in [0.05, 0.1) is 18.7 Å². The molecule has 1 aliphatic heterocycles. The Morgan fingerprint density at radius 2 is 1.57 bits per heavy atom. The van der Waals surface area contributed by atoms with Gasteiger partial charge in [0, 0.05) is 54.0 Å². The van der Waals surface area contributed by atoms with E-state index in [0.29, 0.717) is 41.0 Å². The largest absolute Gasteiger partial charge is 0.462 e. The molecule has 1 fully saturated rings. The number of rotatable bonds is 7. The Kier molecular flexibility index (Phi) is 8.10. The molecule has 6 nitrogen and oxygen atoms in total. The zero-order valence-electron chi connectivity index (χ0n) is 16.9. The topological polar surface area (TPSA) is 61.9 Å². The smallest absolute Gasteiger partial charge is 0.338 e. The number of nitrogens with one attached hydrogen (secondary N) is 1. The molecule has 0 bridgehead atoms. The third kappa shape index (κ3) is 6.19. The van der Waals surface area contributed by atoms with Crippen molar-refractivity contribution < 1.29 is 14.3 Å².